The van der Waals surface area contributed by atoms with E-state index < -0.39 is 0 Å². The van der Waals surface area contributed by atoms with Crippen LogP contribution >= 0.6 is 11.3 Å². The summed E-state index contributed by atoms with van der Waals surface area (Å²) in [7, 11) is 2.07. The van der Waals surface area contributed by atoms with Crippen molar-refractivity contribution in [2.24, 2.45) is 0 Å². The fourth-order valence-corrected chi connectivity index (χ4v) is 3.81. The van der Waals surface area contributed by atoms with E-state index in [2.05, 4.69) is 23.9 Å². The zero-order valence-corrected chi connectivity index (χ0v) is 12.6. The minimum Gasteiger partial charge on any atom is -0.306 e. The number of aryl methyl sites for hydroxylation is 1. The van der Waals surface area contributed by atoms with E-state index in [1.165, 1.54) is 15.9 Å². The number of likely N-dealkylation sites (tertiary alicyclic amines) is 1. The first-order valence-electron chi connectivity index (χ1n) is 7.06. The number of thiophene rings is 1. The maximum absolute atomic E-state index is 12.6. The molecule has 20 heavy (non-hydrogen) atoms. The summed E-state index contributed by atoms with van der Waals surface area (Å²) in [6, 6.07) is 1.95. The molecule has 1 aliphatic heterocycles. The lowest BCUT2D eigenvalue weighted by Crippen LogP contribution is -2.42. The highest BCUT2D eigenvalue weighted by Crippen LogP contribution is 2.23. The Morgan fingerprint density at radius 2 is 2.05 bits per heavy atom. The molecule has 0 bridgehead atoms. The summed E-state index contributed by atoms with van der Waals surface area (Å²) in [5.41, 5.74) is -0.393. The Kier molecular flexibility index (Phi) is 3.52. The van der Waals surface area contributed by atoms with Crippen molar-refractivity contribution < 1.29 is 0 Å². The Labute approximate surface area is 120 Å². The van der Waals surface area contributed by atoms with Crippen LogP contribution in [0.2, 0.25) is 0 Å². The molecule has 0 amide bonds. The van der Waals surface area contributed by atoms with Crippen LogP contribution in [0, 0.1) is 0 Å². The Bertz CT molecular complexity index is 735. The number of nitrogens with one attached hydrogen (secondary N) is 1. The fourth-order valence-electron chi connectivity index (χ4n) is 2.83. The van der Waals surface area contributed by atoms with Crippen molar-refractivity contribution in [3.8, 4) is 0 Å². The Morgan fingerprint density at radius 1 is 1.35 bits per heavy atom. The van der Waals surface area contributed by atoms with E-state index in [-0.39, 0.29) is 17.3 Å². The normalized spacial score (nSPS) is 17.9. The van der Waals surface area contributed by atoms with Gasteiger partial charge in [0.25, 0.3) is 5.56 Å². The standard InChI is InChI=1S/C14H19N3O2S/c1-3-10-8-11-12(20-10)15-14(19)17(13(11)18)9-4-6-16(2)7-5-9/h8-9H,3-7H2,1-2H3,(H,15,19). The molecule has 1 N–H and O–H groups in total. The van der Waals surface area contributed by atoms with Crippen LogP contribution in [0.15, 0.2) is 15.7 Å². The van der Waals surface area contributed by atoms with Crippen molar-refractivity contribution in [2.75, 3.05) is 20.1 Å². The summed E-state index contributed by atoms with van der Waals surface area (Å²) in [5.74, 6) is 0. The number of hydrogen-bond donors (Lipinski definition) is 1. The van der Waals surface area contributed by atoms with E-state index in [9.17, 15) is 9.59 Å². The van der Waals surface area contributed by atoms with Crippen LogP contribution in [0.1, 0.15) is 30.7 Å². The number of piperidine rings is 1. The van der Waals surface area contributed by atoms with Gasteiger partial charge in [0, 0.05) is 10.9 Å². The van der Waals surface area contributed by atoms with Crippen LogP contribution in [0.5, 0.6) is 0 Å². The predicted molar refractivity (Wildman–Crippen MR) is 81.9 cm³/mol. The monoisotopic (exact) mass is 293 g/mol. The molecular weight excluding hydrogens is 274 g/mol. The molecule has 0 aliphatic carbocycles. The molecule has 2 aromatic rings. The van der Waals surface area contributed by atoms with Crippen LogP contribution in [0.25, 0.3) is 10.2 Å². The lowest BCUT2D eigenvalue weighted by Gasteiger charge is -2.29. The number of nitrogens with zero attached hydrogens (tertiary/aromatic N) is 2. The Balaban J connectivity index is 2.11. The number of hydrogen-bond acceptors (Lipinski definition) is 4. The molecule has 1 aliphatic rings. The van der Waals surface area contributed by atoms with Crippen LogP contribution in [0.3, 0.4) is 0 Å². The second-order valence-corrected chi connectivity index (χ2v) is 6.59. The second kappa shape index (κ2) is 5.18. The van der Waals surface area contributed by atoms with Crippen molar-refractivity contribution in [1.29, 1.82) is 0 Å². The maximum Gasteiger partial charge on any atom is 0.329 e. The smallest absolute Gasteiger partial charge is 0.306 e. The lowest BCUT2D eigenvalue weighted by molar-refractivity contribution is 0.216. The third-order valence-electron chi connectivity index (χ3n) is 4.07. The zero-order valence-electron chi connectivity index (χ0n) is 11.8. The molecule has 0 radical (unpaired) electrons. The number of aromatic nitrogens is 2. The topological polar surface area (TPSA) is 58.1 Å². The van der Waals surface area contributed by atoms with Crippen molar-refractivity contribution >= 4 is 21.6 Å². The Hall–Kier alpha value is -1.40. The van der Waals surface area contributed by atoms with E-state index >= 15 is 0 Å². The molecule has 0 aromatic carbocycles. The van der Waals surface area contributed by atoms with Crippen LogP contribution < -0.4 is 11.2 Å². The fraction of sp³-hybridized carbons (Fsp3) is 0.571. The predicted octanol–water partition coefficient (Wildman–Crippen LogP) is 1.58. The first-order chi connectivity index (χ1) is 9.60. The summed E-state index contributed by atoms with van der Waals surface area (Å²) >= 11 is 1.50. The average Bonchev–Trinajstić information content (AvgIpc) is 2.84. The summed E-state index contributed by atoms with van der Waals surface area (Å²) in [4.78, 5) is 31.8. The average molecular weight is 293 g/mol. The van der Waals surface area contributed by atoms with Crippen LogP contribution in [-0.2, 0) is 6.42 Å². The first-order valence-corrected chi connectivity index (χ1v) is 7.87. The van der Waals surface area contributed by atoms with E-state index in [4.69, 9.17) is 0 Å². The third kappa shape index (κ3) is 2.23. The van der Waals surface area contributed by atoms with Gasteiger partial charge in [-0.2, -0.15) is 0 Å². The molecule has 3 rings (SSSR count). The molecule has 6 heteroatoms. The van der Waals surface area contributed by atoms with Gasteiger partial charge in [0.15, 0.2) is 0 Å². The molecule has 0 spiro atoms. The van der Waals surface area contributed by atoms with Crippen LogP contribution in [-0.4, -0.2) is 34.6 Å². The van der Waals surface area contributed by atoms with Crippen molar-refractivity contribution in [3.63, 3.8) is 0 Å². The van der Waals surface area contributed by atoms with E-state index in [1.807, 2.05) is 6.07 Å². The Morgan fingerprint density at radius 3 is 2.70 bits per heavy atom. The largest absolute Gasteiger partial charge is 0.329 e. The molecule has 0 unspecified atom stereocenters. The van der Waals surface area contributed by atoms with Gasteiger partial charge in [0.1, 0.15) is 4.83 Å². The zero-order chi connectivity index (χ0) is 14.3. The lowest BCUT2D eigenvalue weighted by atomic mass is 10.1. The van der Waals surface area contributed by atoms with Crippen molar-refractivity contribution in [3.05, 3.63) is 31.8 Å². The minimum atomic E-state index is -0.262. The van der Waals surface area contributed by atoms with Gasteiger partial charge >= 0.3 is 5.69 Å². The quantitative estimate of drug-likeness (QED) is 0.914. The van der Waals surface area contributed by atoms with E-state index in [1.54, 1.807) is 0 Å². The van der Waals surface area contributed by atoms with Gasteiger partial charge in [-0.3, -0.25) is 14.3 Å². The highest BCUT2D eigenvalue weighted by Gasteiger charge is 2.22. The first kappa shape index (κ1) is 13.6. The number of fused-ring (bicyclic) bond motifs is 1. The van der Waals surface area contributed by atoms with Crippen molar-refractivity contribution in [1.82, 2.24) is 14.5 Å². The SMILES string of the molecule is CCc1cc2c(=O)n(C3CCN(C)CC3)c(=O)[nH]c2s1. The van der Waals surface area contributed by atoms with Crippen molar-refractivity contribution in [2.45, 2.75) is 32.2 Å². The number of rotatable bonds is 2. The number of aromatic amines is 1. The molecule has 108 valence electrons. The summed E-state index contributed by atoms with van der Waals surface area (Å²) in [6.45, 7) is 3.91. The number of H-pyrrole nitrogens is 1. The van der Waals surface area contributed by atoms with Gasteiger partial charge < -0.3 is 4.90 Å². The molecule has 1 fully saturated rings. The molecular formula is C14H19N3O2S. The maximum atomic E-state index is 12.6. The minimum absolute atomic E-state index is 0.0248. The third-order valence-corrected chi connectivity index (χ3v) is 5.27. The molecule has 3 heterocycles. The summed E-state index contributed by atoms with van der Waals surface area (Å²) in [5, 5.41) is 0.658. The molecule has 0 atom stereocenters. The van der Waals surface area contributed by atoms with E-state index in [0.717, 1.165) is 37.2 Å². The summed E-state index contributed by atoms with van der Waals surface area (Å²) in [6.07, 6.45) is 2.60. The van der Waals surface area contributed by atoms with E-state index in [0.29, 0.717) is 10.2 Å². The van der Waals surface area contributed by atoms with Gasteiger partial charge in [-0.05, 0) is 45.5 Å². The highest BCUT2D eigenvalue weighted by atomic mass is 32.1. The van der Waals surface area contributed by atoms with Gasteiger partial charge in [0.05, 0.1) is 5.39 Å². The van der Waals surface area contributed by atoms with Gasteiger partial charge in [-0.1, -0.05) is 6.92 Å². The van der Waals surface area contributed by atoms with Gasteiger partial charge in [-0.25, -0.2) is 4.79 Å². The molecule has 0 saturated carbocycles. The summed E-state index contributed by atoms with van der Waals surface area (Å²) < 4.78 is 1.43. The van der Waals surface area contributed by atoms with Gasteiger partial charge in [-0.15, -0.1) is 11.3 Å². The van der Waals surface area contributed by atoms with Crippen LogP contribution in [0.4, 0.5) is 0 Å². The molecule has 1 saturated heterocycles. The van der Waals surface area contributed by atoms with Gasteiger partial charge in [0.2, 0.25) is 0 Å². The molecule has 5 nitrogen and oxygen atoms in total. The molecule has 2 aromatic heterocycles. The highest BCUT2D eigenvalue weighted by molar-refractivity contribution is 7.18. The second-order valence-electron chi connectivity index (χ2n) is 5.45.